The number of nitrogens with two attached hydrogens (primary N) is 1. The van der Waals surface area contributed by atoms with Crippen LogP contribution < -0.4 is 5.73 Å². The van der Waals surface area contributed by atoms with E-state index in [0.717, 1.165) is 0 Å². The van der Waals surface area contributed by atoms with Crippen molar-refractivity contribution in [3.05, 3.63) is 30.9 Å². The molecule has 0 fully saturated rings. The number of nitrogen functional groups attached to an aromatic ring is 1. The number of aromatic hydroxyl groups is 1. The van der Waals surface area contributed by atoms with Crippen LogP contribution in [0.2, 0.25) is 0 Å². The van der Waals surface area contributed by atoms with Gasteiger partial charge in [0.15, 0.2) is 17.1 Å². The lowest BCUT2D eigenvalue weighted by Gasteiger charge is -2.02. The summed E-state index contributed by atoms with van der Waals surface area (Å²) >= 11 is 0. The van der Waals surface area contributed by atoms with Crippen molar-refractivity contribution in [2.75, 3.05) is 5.73 Å². The maximum Gasteiger partial charge on any atom is 0.190 e. The normalized spacial score (nSPS) is 11.4. The van der Waals surface area contributed by atoms with Gasteiger partial charge in [0.2, 0.25) is 0 Å². The summed E-state index contributed by atoms with van der Waals surface area (Å²) < 4.78 is 1.73. The first-order valence-corrected chi connectivity index (χ1v) is 5.86. The van der Waals surface area contributed by atoms with Gasteiger partial charge in [-0.25, -0.2) is 9.97 Å². The molecule has 8 nitrogen and oxygen atoms in total. The second-order valence-electron chi connectivity index (χ2n) is 4.34. The Bertz CT molecular complexity index is 939. The SMILES string of the molecule is Nc1ccc(-c2nnc3c4[nH]cnc4ncn23)cc1O. The number of hydrogen-bond acceptors (Lipinski definition) is 6. The molecule has 4 rings (SSSR count). The van der Waals surface area contributed by atoms with Crippen molar-refractivity contribution in [3.63, 3.8) is 0 Å². The van der Waals surface area contributed by atoms with E-state index in [1.807, 2.05) is 0 Å². The maximum absolute atomic E-state index is 9.70. The van der Waals surface area contributed by atoms with Gasteiger partial charge in [0.25, 0.3) is 0 Å². The van der Waals surface area contributed by atoms with Gasteiger partial charge in [0.1, 0.15) is 17.6 Å². The van der Waals surface area contributed by atoms with Gasteiger partial charge in [-0.05, 0) is 18.2 Å². The monoisotopic (exact) mass is 267 g/mol. The number of nitrogens with one attached hydrogen (secondary N) is 1. The summed E-state index contributed by atoms with van der Waals surface area (Å²) in [6.07, 6.45) is 3.16. The highest BCUT2D eigenvalue weighted by molar-refractivity contribution is 5.85. The number of imidazole rings is 1. The minimum absolute atomic E-state index is 0.00910. The van der Waals surface area contributed by atoms with Crippen molar-refractivity contribution in [2.24, 2.45) is 0 Å². The molecule has 0 amide bonds. The zero-order chi connectivity index (χ0) is 13.7. The van der Waals surface area contributed by atoms with E-state index in [0.29, 0.717) is 33.9 Å². The van der Waals surface area contributed by atoms with E-state index in [2.05, 4.69) is 25.1 Å². The Labute approximate surface area is 111 Å². The number of H-pyrrole nitrogens is 1. The molecule has 4 aromatic rings. The third kappa shape index (κ3) is 1.35. The molecular formula is C12H9N7O. The highest BCUT2D eigenvalue weighted by Crippen LogP contribution is 2.27. The molecule has 0 unspecified atom stereocenters. The predicted octanol–water partition coefficient (Wildman–Crippen LogP) is 0.955. The van der Waals surface area contributed by atoms with E-state index >= 15 is 0 Å². The summed E-state index contributed by atoms with van der Waals surface area (Å²) in [5, 5.41) is 18.0. The standard InChI is InChI=1S/C12H9N7O/c13-7-2-1-6(3-8(7)20)11-17-18-12-9-10(15-4-14-9)16-5-19(11)12/h1-5,20H,13H2,(H,14,15). The van der Waals surface area contributed by atoms with E-state index in [1.54, 1.807) is 35.3 Å². The molecule has 4 N–H and O–H groups in total. The molecule has 0 bridgehead atoms. The van der Waals surface area contributed by atoms with E-state index in [9.17, 15) is 5.11 Å². The number of benzene rings is 1. The number of phenolic OH excluding ortho intramolecular Hbond substituents is 1. The number of anilines is 1. The number of aromatic amines is 1. The maximum atomic E-state index is 9.70. The van der Waals surface area contributed by atoms with Crippen LogP contribution in [-0.2, 0) is 0 Å². The van der Waals surface area contributed by atoms with Gasteiger partial charge in [0, 0.05) is 5.56 Å². The quantitative estimate of drug-likeness (QED) is 0.349. The Kier molecular flexibility index (Phi) is 1.97. The van der Waals surface area contributed by atoms with Crippen LogP contribution in [0.4, 0.5) is 5.69 Å². The molecule has 3 heterocycles. The fourth-order valence-corrected chi connectivity index (χ4v) is 2.11. The summed E-state index contributed by atoms with van der Waals surface area (Å²) in [5.74, 6) is 0.578. The van der Waals surface area contributed by atoms with E-state index in [4.69, 9.17) is 5.73 Å². The van der Waals surface area contributed by atoms with E-state index < -0.39 is 0 Å². The van der Waals surface area contributed by atoms with Gasteiger partial charge in [-0.1, -0.05) is 0 Å². The Morgan fingerprint density at radius 3 is 2.95 bits per heavy atom. The van der Waals surface area contributed by atoms with Crippen LogP contribution in [0.15, 0.2) is 30.9 Å². The molecule has 8 heteroatoms. The Balaban J connectivity index is 2.02. The summed E-state index contributed by atoms with van der Waals surface area (Å²) in [7, 11) is 0. The predicted molar refractivity (Wildman–Crippen MR) is 71.9 cm³/mol. The van der Waals surface area contributed by atoms with Gasteiger partial charge in [0.05, 0.1) is 12.0 Å². The molecular weight excluding hydrogens is 258 g/mol. The molecule has 1 aromatic carbocycles. The van der Waals surface area contributed by atoms with Crippen LogP contribution in [-0.4, -0.2) is 34.7 Å². The smallest absolute Gasteiger partial charge is 0.190 e. The van der Waals surface area contributed by atoms with Crippen LogP contribution >= 0.6 is 0 Å². The molecule has 98 valence electrons. The largest absolute Gasteiger partial charge is 0.506 e. The molecule has 0 spiro atoms. The molecule has 0 saturated heterocycles. The minimum atomic E-state index is 0.00910. The van der Waals surface area contributed by atoms with Crippen molar-refractivity contribution in [1.82, 2.24) is 29.5 Å². The Morgan fingerprint density at radius 1 is 1.20 bits per heavy atom. The molecule has 0 radical (unpaired) electrons. The highest BCUT2D eigenvalue weighted by atomic mass is 16.3. The average Bonchev–Trinajstić information content (AvgIpc) is 3.06. The molecule has 0 aliphatic heterocycles. The molecule has 0 aliphatic carbocycles. The third-order valence-corrected chi connectivity index (χ3v) is 3.12. The number of aromatic nitrogens is 6. The second kappa shape index (κ2) is 3.67. The molecule has 20 heavy (non-hydrogen) atoms. The highest BCUT2D eigenvalue weighted by Gasteiger charge is 2.13. The first-order chi connectivity index (χ1) is 9.74. The van der Waals surface area contributed by atoms with Crippen LogP contribution in [0.5, 0.6) is 5.75 Å². The van der Waals surface area contributed by atoms with Crippen LogP contribution in [0.25, 0.3) is 28.2 Å². The topological polar surface area (TPSA) is 118 Å². The van der Waals surface area contributed by atoms with Crippen molar-refractivity contribution < 1.29 is 5.11 Å². The first kappa shape index (κ1) is 10.7. The number of fused-ring (bicyclic) bond motifs is 3. The minimum Gasteiger partial charge on any atom is -0.506 e. The summed E-state index contributed by atoms with van der Waals surface area (Å²) in [6, 6.07) is 4.93. The summed E-state index contributed by atoms with van der Waals surface area (Å²) in [4.78, 5) is 11.3. The fraction of sp³-hybridized carbons (Fsp3) is 0. The van der Waals surface area contributed by atoms with Gasteiger partial charge in [-0.3, -0.25) is 4.40 Å². The van der Waals surface area contributed by atoms with E-state index in [-0.39, 0.29) is 5.75 Å². The third-order valence-electron chi connectivity index (χ3n) is 3.12. The first-order valence-electron chi connectivity index (χ1n) is 5.86. The Hall–Kier alpha value is -3.16. The number of phenols is 1. The van der Waals surface area contributed by atoms with E-state index in [1.165, 1.54) is 0 Å². The molecule has 3 aromatic heterocycles. The van der Waals surface area contributed by atoms with Gasteiger partial charge >= 0.3 is 0 Å². The lowest BCUT2D eigenvalue weighted by atomic mass is 10.2. The average molecular weight is 267 g/mol. The number of rotatable bonds is 1. The van der Waals surface area contributed by atoms with Gasteiger partial charge < -0.3 is 15.8 Å². The Morgan fingerprint density at radius 2 is 2.10 bits per heavy atom. The number of hydrogen-bond donors (Lipinski definition) is 3. The number of nitrogens with zero attached hydrogens (tertiary/aromatic N) is 5. The van der Waals surface area contributed by atoms with Crippen LogP contribution in [0, 0.1) is 0 Å². The molecule has 0 atom stereocenters. The van der Waals surface area contributed by atoms with Crippen LogP contribution in [0.1, 0.15) is 0 Å². The zero-order valence-corrected chi connectivity index (χ0v) is 10.1. The van der Waals surface area contributed by atoms with Crippen molar-refractivity contribution in [3.8, 4) is 17.1 Å². The van der Waals surface area contributed by atoms with Crippen molar-refractivity contribution >= 4 is 22.5 Å². The lowest BCUT2D eigenvalue weighted by molar-refractivity contribution is 0.478. The summed E-state index contributed by atoms with van der Waals surface area (Å²) in [6.45, 7) is 0. The van der Waals surface area contributed by atoms with Crippen LogP contribution in [0.3, 0.4) is 0 Å². The van der Waals surface area contributed by atoms with Crippen molar-refractivity contribution in [2.45, 2.75) is 0 Å². The molecule has 0 aliphatic rings. The van der Waals surface area contributed by atoms with Gasteiger partial charge in [-0.15, -0.1) is 10.2 Å². The van der Waals surface area contributed by atoms with Crippen molar-refractivity contribution in [1.29, 1.82) is 0 Å². The molecule has 0 saturated carbocycles. The lowest BCUT2D eigenvalue weighted by Crippen LogP contribution is -1.93. The zero-order valence-electron chi connectivity index (χ0n) is 10.1. The fourth-order valence-electron chi connectivity index (χ4n) is 2.11. The summed E-state index contributed by atoms with van der Waals surface area (Å²) in [5.41, 5.74) is 8.53. The van der Waals surface area contributed by atoms with Gasteiger partial charge in [-0.2, -0.15) is 0 Å². The second-order valence-corrected chi connectivity index (χ2v) is 4.34.